The minimum absolute atomic E-state index is 0.0701. The van der Waals surface area contributed by atoms with Gasteiger partial charge in [0.25, 0.3) is 0 Å². The molecule has 1 spiro atoms. The van der Waals surface area contributed by atoms with Gasteiger partial charge < -0.3 is 10.0 Å². The Hall–Kier alpha value is -2.48. The van der Waals surface area contributed by atoms with E-state index in [9.17, 15) is 14.7 Å². The van der Waals surface area contributed by atoms with Crippen LogP contribution in [0.5, 0.6) is 0 Å². The summed E-state index contributed by atoms with van der Waals surface area (Å²) in [7, 11) is 1.74. The van der Waals surface area contributed by atoms with Crippen LogP contribution in [0.1, 0.15) is 24.8 Å². The van der Waals surface area contributed by atoms with Crippen LogP contribution in [0.25, 0.3) is 11.0 Å². The van der Waals surface area contributed by atoms with Crippen LogP contribution in [-0.2, 0) is 16.1 Å². The van der Waals surface area contributed by atoms with E-state index in [4.69, 9.17) is 4.63 Å². The fourth-order valence-electron chi connectivity index (χ4n) is 4.31. The summed E-state index contributed by atoms with van der Waals surface area (Å²) in [4.78, 5) is 27.7. The quantitative estimate of drug-likeness (QED) is 0.890. The predicted molar refractivity (Wildman–Crippen MR) is 87.6 cm³/mol. The number of aliphatic carboxylic acids is 1. The molecule has 2 aliphatic heterocycles. The molecule has 1 N–H and O–H groups in total. The zero-order valence-electron chi connectivity index (χ0n) is 14.0. The molecular weight excluding hydrogens is 324 g/mol. The van der Waals surface area contributed by atoms with Crippen LogP contribution in [0, 0.1) is 5.92 Å². The molecule has 1 aromatic heterocycles. The maximum atomic E-state index is 12.1. The summed E-state index contributed by atoms with van der Waals surface area (Å²) in [5.41, 5.74) is 1.98. The average molecular weight is 344 g/mol. The predicted octanol–water partition coefficient (Wildman–Crippen LogP) is 1.12. The molecular formula is C17H20N4O4. The molecule has 2 saturated heterocycles. The highest BCUT2D eigenvalue weighted by atomic mass is 16.6. The van der Waals surface area contributed by atoms with E-state index in [1.54, 1.807) is 11.9 Å². The van der Waals surface area contributed by atoms with Gasteiger partial charge >= 0.3 is 5.97 Å². The Morgan fingerprint density at radius 1 is 1.36 bits per heavy atom. The van der Waals surface area contributed by atoms with Gasteiger partial charge in [-0.3, -0.25) is 14.5 Å². The number of likely N-dealkylation sites (tertiary alicyclic amines) is 2. The van der Waals surface area contributed by atoms with E-state index >= 15 is 0 Å². The van der Waals surface area contributed by atoms with Crippen molar-refractivity contribution in [3.8, 4) is 0 Å². The third-order valence-corrected chi connectivity index (χ3v) is 5.85. The highest BCUT2D eigenvalue weighted by molar-refractivity contribution is 5.88. The maximum absolute atomic E-state index is 12.1. The summed E-state index contributed by atoms with van der Waals surface area (Å²) in [6, 6.07) is 5.79. The van der Waals surface area contributed by atoms with E-state index in [0.29, 0.717) is 19.4 Å². The summed E-state index contributed by atoms with van der Waals surface area (Å²) >= 11 is 0. The SMILES string of the molecule is CN1C(=O)CC(C(=O)O)C12CCN(Cc1cccc3nonc13)CC2. The molecule has 2 fully saturated rings. The van der Waals surface area contributed by atoms with Crippen molar-refractivity contribution in [1.82, 2.24) is 20.1 Å². The lowest BCUT2D eigenvalue weighted by atomic mass is 9.77. The maximum Gasteiger partial charge on any atom is 0.309 e. The molecule has 132 valence electrons. The minimum atomic E-state index is -0.871. The van der Waals surface area contributed by atoms with Crippen LogP contribution in [-0.4, -0.2) is 62.8 Å². The standard InChI is InChI=1S/C17H20N4O4/c1-20-14(22)9-12(16(23)24)17(20)5-7-21(8-6-17)10-11-3-2-4-13-15(11)19-25-18-13/h2-4,12H,5-10H2,1H3,(H,23,24). The lowest BCUT2D eigenvalue weighted by Crippen LogP contribution is -2.55. The van der Waals surface area contributed by atoms with E-state index in [-0.39, 0.29) is 12.3 Å². The second-order valence-corrected chi connectivity index (χ2v) is 6.98. The van der Waals surface area contributed by atoms with Gasteiger partial charge in [0, 0.05) is 33.1 Å². The summed E-state index contributed by atoms with van der Waals surface area (Å²) < 4.78 is 4.81. The second kappa shape index (κ2) is 5.80. The number of hydrogen-bond acceptors (Lipinski definition) is 6. The van der Waals surface area contributed by atoms with Gasteiger partial charge in [-0.1, -0.05) is 12.1 Å². The molecule has 2 aliphatic rings. The Morgan fingerprint density at radius 3 is 2.84 bits per heavy atom. The average Bonchev–Trinajstić information content (AvgIpc) is 3.17. The number of carboxylic acids is 1. The molecule has 8 heteroatoms. The van der Waals surface area contributed by atoms with Crippen molar-refractivity contribution in [1.29, 1.82) is 0 Å². The fraction of sp³-hybridized carbons (Fsp3) is 0.529. The van der Waals surface area contributed by atoms with E-state index in [1.807, 2.05) is 18.2 Å². The third-order valence-electron chi connectivity index (χ3n) is 5.85. The third kappa shape index (κ3) is 2.48. The first-order valence-corrected chi connectivity index (χ1v) is 8.43. The van der Waals surface area contributed by atoms with Gasteiger partial charge in [0.1, 0.15) is 11.0 Å². The van der Waals surface area contributed by atoms with Crippen LogP contribution >= 0.6 is 0 Å². The van der Waals surface area contributed by atoms with Gasteiger partial charge in [0.15, 0.2) is 0 Å². The second-order valence-electron chi connectivity index (χ2n) is 6.98. The van der Waals surface area contributed by atoms with Crippen molar-refractivity contribution in [2.45, 2.75) is 31.3 Å². The molecule has 8 nitrogen and oxygen atoms in total. The summed E-state index contributed by atoms with van der Waals surface area (Å²) in [5, 5.41) is 17.4. The lowest BCUT2D eigenvalue weighted by molar-refractivity contribution is -0.146. The summed E-state index contributed by atoms with van der Waals surface area (Å²) in [6.45, 7) is 2.18. The smallest absolute Gasteiger partial charge is 0.309 e. The number of piperidine rings is 1. The van der Waals surface area contributed by atoms with Crippen LogP contribution in [0.3, 0.4) is 0 Å². The lowest BCUT2D eigenvalue weighted by Gasteiger charge is -2.45. The Bertz CT molecular complexity index is 825. The number of carbonyl (C=O) groups excluding carboxylic acids is 1. The molecule has 2 aromatic rings. The Kier molecular flexibility index (Phi) is 3.72. The molecule has 0 radical (unpaired) electrons. The number of hydrogen-bond donors (Lipinski definition) is 1. The van der Waals surface area contributed by atoms with E-state index in [1.165, 1.54) is 0 Å². The van der Waals surface area contributed by atoms with E-state index < -0.39 is 17.4 Å². The Balaban J connectivity index is 1.50. The molecule has 1 atom stereocenters. The van der Waals surface area contributed by atoms with Crippen molar-refractivity contribution < 1.29 is 19.3 Å². The Morgan fingerprint density at radius 2 is 2.12 bits per heavy atom. The molecule has 0 bridgehead atoms. The van der Waals surface area contributed by atoms with Crippen molar-refractivity contribution in [3.05, 3.63) is 23.8 Å². The zero-order chi connectivity index (χ0) is 17.6. The number of benzene rings is 1. The first-order valence-electron chi connectivity index (χ1n) is 8.43. The number of carbonyl (C=O) groups is 2. The van der Waals surface area contributed by atoms with Gasteiger partial charge in [-0.25, -0.2) is 4.63 Å². The molecule has 1 unspecified atom stereocenters. The van der Waals surface area contributed by atoms with Gasteiger partial charge in [0.05, 0.1) is 11.5 Å². The van der Waals surface area contributed by atoms with Crippen LogP contribution in [0.4, 0.5) is 0 Å². The largest absolute Gasteiger partial charge is 0.481 e. The van der Waals surface area contributed by atoms with Gasteiger partial charge in [-0.05, 0) is 34.8 Å². The number of amides is 1. The zero-order valence-corrected chi connectivity index (χ0v) is 14.0. The molecule has 0 aliphatic carbocycles. The normalized spacial score (nSPS) is 23.6. The van der Waals surface area contributed by atoms with Gasteiger partial charge in [0.2, 0.25) is 5.91 Å². The Labute approximate surface area is 144 Å². The van der Waals surface area contributed by atoms with Crippen molar-refractivity contribution in [3.63, 3.8) is 0 Å². The van der Waals surface area contributed by atoms with Crippen molar-refractivity contribution in [2.75, 3.05) is 20.1 Å². The van der Waals surface area contributed by atoms with Crippen LogP contribution in [0.15, 0.2) is 22.8 Å². The number of aromatic nitrogens is 2. The first-order chi connectivity index (χ1) is 12.0. The molecule has 1 aromatic carbocycles. The highest BCUT2D eigenvalue weighted by Gasteiger charge is 2.55. The highest BCUT2D eigenvalue weighted by Crippen LogP contribution is 2.43. The van der Waals surface area contributed by atoms with Crippen molar-refractivity contribution in [2.24, 2.45) is 5.92 Å². The number of rotatable bonds is 3. The molecule has 3 heterocycles. The monoisotopic (exact) mass is 344 g/mol. The fourth-order valence-corrected chi connectivity index (χ4v) is 4.31. The van der Waals surface area contributed by atoms with Crippen LogP contribution < -0.4 is 0 Å². The minimum Gasteiger partial charge on any atom is -0.481 e. The summed E-state index contributed by atoms with van der Waals surface area (Å²) in [6.07, 6.45) is 1.44. The van der Waals surface area contributed by atoms with Gasteiger partial charge in [-0.15, -0.1) is 0 Å². The molecule has 25 heavy (non-hydrogen) atoms. The molecule has 4 rings (SSSR count). The molecule has 1 amide bonds. The number of nitrogens with zero attached hydrogens (tertiary/aromatic N) is 4. The van der Waals surface area contributed by atoms with Crippen molar-refractivity contribution >= 4 is 22.9 Å². The van der Waals surface area contributed by atoms with E-state index in [2.05, 4.69) is 15.2 Å². The summed E-state index contributed by atoms with van der Waals surface area (Å²) in [5.74, 6) is -1.56. The number of fused-ring (bicyclic) bond motifs is 1. The topological polar surface area (TPSA) is 99.8 Å². The van der Waals surface area contributed by atoms with E-state index in [0.717, 1.165) is 29.7 Å². The van der Waals surface area contributed by atoms with Gasteiger partial charge in [-0.2, -0.15) is 0 Å². The molecule has 0 saturated carbocycles. The van der Waals surface area contributed by atoms with Crippen LogP contribution in [0.2, 0.25) is 0 Å². The number of carboxylic acid groups (broad SMARTS) is 1. The first kappa shape index (κ1) is 16.0.